The number of benzene rings is 2. The Bertz CT molecular complexity index is 1320. The topological polar surface area (TPSA) is 87.4 Å². The molecule has 0 unspecified atom stereocenters. The third-order valence-corrected chi connectivity index (χ3v) is 5.52. The highest BCUT2D eigenvalue weighted by molar-refractivity contribution is 6.06. The fraction of sp³-hybridized carbons (Fsp3) is 0.348. The molecule has 35 heavy (non-hydrogen) atoms. The Labute approximate surface area is 197 Å². The minimum absolute atomic E-state index is 0.0231. The van der Waals surface area contributed by atoms with Gasteiger partial charge in [0.05, 0.1) is 5.56 Å². The van der Waals surface area contributed by atoms with Gasteiger partial charge in [-0.1, -0.05) is 18.2 Å². The molecule has 0 saturated carbocycles. The summed E-state index contributed by atoms with van der Waals surface area (Å²) in [7, 11) is 0. The van der Waals surface area contributed by atoms with Gasteiger partial charge in [0.25, 0.3) is 5.91 Å². The van der Waals surface area contributed by atoms with Crippen LogP contribution in [-0.4, -0.2) is 39.1 Å². The fourth-order valence-electron chi connectivity index (χ4n) is 3.55. The summed E-state index contributed by atoms with van der Waals surface area (Å²) in [5.41, 5.74) is -0.519. The second kappa shape index (κ2) is 9.53. The monoisotopic (exact) mass is 494 g/mol. The van der Waals surface area contributed by atoms with Crippen molar-refractivity contribution in [2.75, 3.05) is 11.9 Å². The van der Waals surface area contributed by atoms with Gasteiger partial charge in [-0.2, -0.15) is 17.9 Å². The molecule has 8 nitrogen and oxygen atoms in total. The van der Waals surface area contributed by atoms with Crippen molar-refractivity contribution in [1.82, 2.24) is 14.3 Å². The standard InChI is InChI=1S/C23H22F4N4O4/c1-13-6-3-4-7-17(13)28-21(32)15-10-16(24)18(11-19(15)35-14(2)23(25,26)27)31-22(33)30-8-5-9-34-12-20(30)29-31/h3-4,6-7,10-11,14H,5,8-9,12H2,1-2H3,(H,28,32)/t14-/m0/s1. The molecule has 0 bridgehead atoms. The molecular weight excluding hydrogens is 472 g/mol. The van der Waals surface area contributed by atoms with Crippen molar-refractivity contribution in [3.63, 3.8) is 0 Å². The van der Waals surface area contributed by atoms with E-state index >= 15 is 4.39 Å². The minimum Gasteiger partial charge on any atom is -0.480 e. The molecule has 1 aliphatic heterocycles. The van der Waals surface area contributed by atoms with Crippen LogP contribution in [0.1, 0.15) is 35.1 Å². The molecule has 0 aliphatic carbocycles. The van der Waals surface area contributed by atoms with E-state index < -0.39 is 46.7 Å². The smallest absolute Gasteiger partial charge is 0.425 e. The summed E-state index contributed by atoms with van der Waals surface area (Å²) < 4.78 is 67.4. The van der Waals surface area contributed by atoms with Crippen LogP contribution in [0.5, 0.6) is 5.75 Å². The molecular formula is C23H22F4N4O4. The number of halogens is 4. The van der Waals surface area contributed by atoms with Crippen LogP contribution in [0.15, 0.2) is 41.2 Å². The minimum atomic E-state index is -4.75. The van der Waals surface area contributed by atoms with Crippen LogP contribution in [-0.2, 0) is 17.9 Å². The number of rotatable bonds is 5. The Morgan fingerprint density at radius 3 is 2.71 bits per heavy atom. The number of ether oxygens (including phenoxy) is 2. The number of anilines is 1. The second-order valence-corrected chi connectivity index (χ2v) is 8.04. The van der Waals surface area contributed by atoms with E-state index in [1.54, 1.807) is 31.2 Å². The summed E-state index contributed by atoms with van der Waals surface area (Å²) in [4.78, 5) is 25.8. The first kappa shape index (κ1) is 24.5. The zero-order chi connectivity index (χ0) is 25.3. The Kier molecular flexibility index (Phi) is 6.66. The summed E-state index contributed by atoms with van der Waals surface area (Å²) in [5, 5.41) is 6.64. The summed E-state index contributed by atoms with van der Waals surface area (Å²) in [6.07, 6.45) is -6.52. The molecule has 186 valence electrons. The quantitative estimate of drug-likeness (QED) is 0.543. The number of fused-ring (bicyclic) bond motifs is 1. The van der Waals surface area contributed by atoms with Gasteiger partial charge in [-0.05, 0) is 38.0 Å². The number of nitrogens with one attached hydrogen (secondary N) is 1. The van der Waals surface area contributed by atoms with Crippen molar-refractivity contribution in [3.05, 3.63) is 69.7 Å². The molecule has 2 aromatic carbocycles. The lowest BCUT2D eigenvalue weighted by atomic mass is 10.1. The first-order valence-electron chi connectivity index (χ1n) is 10.8. The fourth-order valence-corrected chi connectivity index (χ4v) is 3.55. The van der Waals surface area contributed by atoms with Crippen molar-refractivity contribution >= 4 is 11.6 Å². The summed E-state index contributed by atoms with van der Waals surface area (Å²) in [6, 6.07) is 8.33. The molecule has 0 radical (unpaired) electrons. The number of hydrogen-bond donors (Lipinski definition) is 1. The van der Waals surface area contributed by atoms with E-state index in [0.717, 1.165) is 23.7 Å². The normalized spacial score (nSPS) is 14.7. The molecule has 3 aromatic rings. The van der Waals surface area contributed by atoms with Gasteiger partial charge in [0, 0.05) is 24.9 Å². The maximum absolute atomic E-state index is 15.2. The third-order valence-electron chi connectivity index (χ3n) is 5.52. The summed E-state index contributed by atoms with van der Waals surface area (Å²) in [6.45, 7) is 3.22. The lowest BCUT2D eigenvalue weighted by Crippen LogP contribution is -2.32. The second-order valence-electron chi connectivity index (χ2n) is 8.04. The average Bonchev–Trinajstić information content (AvgIpc) is 2.95. The Morgan fingerprint density at radius 2 is 2.00 bits per heavy atom. The molecule has 1 N–H and O–H groups in total. The Hall–Kier alpha value is -3.67. The van der Waals surface area contributed by atoms with Crippen LogP contribution in [0.2, 0.25) is 0 Å². The van der Waals surface area contributed by atoms with Gasteiger partial charge < -0.3 is 14.8 Å². The van der Waals surface area contributed by atoms with E-state index in [2.05, 4.69) is 10.4 Å². The first-order chi connectivity index (χ1) is 16.6. The Morgan fingerprint density at radius 1 is 1.26 bits per heavy atom. The van der Waals surface area contributed by atoms with E-state index in [1.165, 1.54) is 4.57 Å². The van der Waals surface area contributed by atoms with Crippen LogP contribution >= 0.6 is 0 Å². The van der Waals surface area contributed by atoms with E-state index in [-0.39, 0.29) is 12.4 Å². The zero-order valence-electron chi connectivity index (χ0n) is 18.9. The van der Waals surface area contributed by atoms with Crippen molar-refractivity contribution in [2.24, 2.45) is 0 Å². The number of hydrogen-bond acceptors (Lipinski definition) is 5. The number of aryl methyl sites for hydroxylation is 1. The lowest BCUT2D eigenvalue weighted by molar-refractivity contribution is -0.189. The number of carbonyl (C=O) groups is 1. The van der Waals surface area contributed by atoms with Gasteiger partial charge in [0.15, 0.2) is 11.9 Å². The summed E-state index contributed by atoms with van der Waals surface area (Å²) in [5.74, 6) is -2.22. The Balaban J connectivity index is 1.79. The molecule has 0 spiro atoms. The maximum atomic E-state index is 15.2. The molecule has 0 fully saturated rings. The van der Waals surface area contributed by atoms with Gasteiger partial charge in [0.1, 0.15) is 23.9 Å². The highest BCUT2D eigenvalue weighted by Crippen LogP contribution is 2.31. The van der Waals surface area contributed by atoms with E-state index in [0.29, 0.717) is 30.8 Å². The van der Waals surface area contributed by atoms with Crippen molar-refractivity contribution in [2.45, 2.75) is 45.7 Å². The predicted octanol–water partition coefficient (Wildman–Crippen LogP) is 3.98. The molecule has 2 heterocycles. The van der Waals surface area contributed by atoms with Gasteiger partial charge in [-0.25, -0.2) is 9.18 Å². The van der Waals surface area contributed by atoms with Gasteiger partial charge >= 0.3 is 11.9 Å². The number of amides is 1. The lowest BCUT2D eigenvalue weighted by Gasteiger charge is -2.20. The number of carbonyl (C=O) groups excluding carboxylic acids is 1. The van der Waals surface area contributed by atoms with Crippen molar-refractivity contribution in [3.8, 4) is 11.4 Å². The number of nitrogens with zero attached hydrogens (tertiary/aromatic N) is 3. The van der Waals surface area contributed by atoms with Gasteiger partial charge in [0.2, 0.25) is 0 Å². The van der Waals surface area contributed by atoms with E-state index in [9.17, 15) is 22.8 Å². The number of para-hydroxylation sites is 1. The van der Waals surface area contributed by atoms with Crippen LogP contribution in [0.3, 0.4) is 0 Å². The van der Waals surface area contributed by atoms with E-state index in [4.69, 9.17) is 9.47 Å². The molecule has 1 atom stereocenters. The van der Waals surface area contributed by atoms with Crippen LogP contribution in [0.4, 0.5) is 23.2 Å². The highest BCUT2D eigenvalue weighted by atomic mass is 19.4. The van der Waals surface area contributed by atoms with Crippen molar-refractivity contribution < 1.29 is 31.8 Å². The van der Waals surface area contributed by atoms with Crippen molar-refractivity contribution in [1.29, 1.82) is 0 Å². The average molecular weight is 494 g/mol. The zero-order valence-corrected chi connectivity index (χ0v) is 18.9. The first-order valence-corrected chi connectivity index (χ1v) is 10.8. The third kappa shape index (κ3) is 5.06. The molecule has 1 aliphatic rings. The largest absolute Gasteiger partial charge is 0.480 e. The molecule has 1 aromatic heterocycles. The predicted molar refractivity (Wildman–Crippen MR) is 117 cm³/mol. The molecule has 1 amide bonds. The highest BCUT2D eigenvalue weighted by Gasteiger charge is 2.39. The summed E-state index contributed by atoms with van der Waals surface area (Å²) >= 11 is 0. The number of aromatic nitrogens is 3. The molecule has 0 saturated heterocycles. The van der Waals surface area contributed by atoms with Crippen LogP contribution in [0, 0.1) is 12.7 Å². The SMILES string of the molecule is Cc1ccccc1NC(=O)c1cc(F)c(-n2nc3n(c2=O)CCCOC3)cc1O[C@@H](C)C(F)(F)F. The van der Waals surface area contributed by atoms with Crippen LogP contribution < -0.4 is 15.7 Å². The molecule has 4 rings (SSSR count). The van der Waals surface area contributed by atoms with E-state index in [1.807, 2.05) is 0 Å². The van der Waals surface area contributed by atoms with Crippen LogP contribution in [0.25, 0.3) is 5.69 Å². The molecule has 12 heteroatoms. The van der Waals surface area contributed by atoms with Gasteiger partial charge in [-0.3, -0.25) is 9.36 Å². The maximum Gasteiger partial charge on any atom is 0.425 e. The number of alkyl halides is 3. The van der Waals surface area contributed by atoms with Gasteiger partial charge in [-0.15, -0.1) is 5.10 Å².